The number of nitrogens with zero attached hydrogens (tertiary/aromatic N) is 4. The predicted molar refractivity (Wildman–Crippen MR) is 128 cm³/mol. The second-order valence-corrected chi connectivity index (χ2v) is 10.3. The first-order chi connectivity index (χ1) is 16.0. The van der Waals surface area contributed by atoms with Crippen molar-refractivity contribution in [2.45, 2.75) is 56.0 Å². The molecule has 33 heavy (non-hydrogen) atoms. The van der Waals surface area contributed by atoms with Crippen LogP contribution in [0.5, 0.6) is 0 Å². The quantitative estimate of drug-likeness (QED) is 0.456. The SMILES string of the molecule is CCc1cc(-c2cccc3cccnc23)ccc1S(=O)(=O)N[C@H]1CCC[C@@H](n2cnnc2)C1. The van der Waals surface area contributed by atoms with E-state index < -0.39 is 10.0 Å². The number of aryl methyl sites for hydroxylation is 1. The molecule has 1 aliphatic rings. The van der Waals surface area contributed by atoms with E-state index in [2.05, 4.69) is 19.9 Å². The summed E-state index contributed by atoms with van der Waals surface area (Å²) in [6.07, 6.45) is 9.35. The van der Waals surface area contributed by atoms with Crippen molar-refractivity contribution in [2.75, 3.05) is 0 Å². The second kappa shape index (κ2) is 9.03. The van der Waals surface area contributed by atoms with Crippen LogP contribution in [0.4, 0.5) is 0 Å². The van der Waals surface area contributed by atoms with Crippen molar-refractivity contribution < 1.29 is 8.42 Å². The van der Waals surface area contributed by atoms with Crippen LogP contribution >= 0.6 is 0 Å². The molecule has 4 aromatic rings. The Labute approximate surface area is 193 Å². The van der Waals surface area contributed by atoms with E-state index in [1.54, 1.807) is 24.9 Å². The molecule has 2 heterocycles. The number of nitrogens with one attached hydrogen (secondary N) is 1. The van der Waals surface area contributed by atoms with Crippen molar-refractivity contribution in [1.82, 2.24) is 24.5 Å². The van der Waals surface area contributed by atoms with Gasteiger partial charge in [0, 0.05) is 29.2 Å². The van der Waals surface area contributed by atoms with Gasteiger partial charge in [0.25, 0.3) is 0 Å². The molecule has 0 amide bonds. The zero-order valence-corrected chi connectivity index (χ0v) is 19.4. The number of fused-ring (bicyclic) bond motifs is 1. The standard InChI is InChI=1S/C25H27N5O2S/c1-2-18-14-20(23-10-3-6-19-7-5-13-26-25(19)23)11-12-24(18)33(31,32)29-21-8-4-9-22(15-21)30-16-27-28-17-30/h3,5-7,10-14,16-17,21-22,29H,2,4,8-9,15H2,1H3/t21-,22+/m0/s1. The maximum atomic E-state index is 13.4. The van der Waals surface area contributed by atoms with E-state index in [1.165, 1.54) is 0 Å². The fraction of sp³-hybridized carbons (Fsp3) is 0.320. The number of hydrogen-bond donors (Lipinski definition) is 1. The zero-order valence-electron chi connectivity index (χ0n) is 18.6. The van der Waals surface area contributed by atoms with E-state index in [0.717, 1.165) is 53.3 Å². The van der Waals surface area contributed by atoms with E-state index in [-0.39, 0.29) is 12.1 Å². The molecular weight excluding hydrogens is 434 g/mol. The molecule has 170 valence electrons. The highest BCUT2D eigenvalue weighted by molar-refractivity contribution is 7.89. The number of sulfonamides is 1. The molecule has 5 rings (SSSR count). The number of aromatic nitrogens is 4. The third kappa shape index (κ3) is 4.41. The summed E-state index contributed by atoms with van der Waals surface area (Å²) in [7, 11) is -3.64. The molecule has 1 saturated carbocycles. The highest BCUT2D eigenvalue weighted by atomic mass is 32.2. The van der Waals surface area contributed by atoms with Crippen LogP contribution < -0.4 is 4.72 Å². The van der Waals surface area contributed by atoms with Gasteiger partial charge in [-0.05, 0) is 61.4 Å². The molecule has 0 radical (unpaired) electrons. The minimum Gasteiger partial charge on any atom is -0.317 e. The summed E-state index contributed by atoms with van der Waals surface area (Å²) >= 11 is 0. The van der Waals surface area contributed by atoms with Crippen LogP contribution in [0.25, 0.3) is 22.0 Å². The number of para-hydroxylation sites is 1. The molecule has 0 unspecified atom stereocenters. The lowest BCUT2D eigenvalue weighted by atomic mass is 9.91. The third-order valence-corrected chi connectivity index (χ3v) is 8.12. The van der Waals surface area contributed by atoms with Crippen molar-refractivity contribution >= 4 is 20.9 Å². The number of rotatable bonds is 6. The molecule has 2 aromatic heterocycles. The molecule has 0 saturated heterocycles. The van der Waals surface area contributed by atoms with Crippen molar-refractivity contribution in [3.63, 3.8) is 0 Å². The molecular formula is C25H27N5O2S. The molecule has 2 aromatic carbocycles. The van der Waals surface area contributed by atoms with E-state index in [4.69, 9.17) is 0 Å². The Balaban J connectivity index is 1.42. The van der Waals surface area contributed by atoms with E-state index in [0.29, 0.717) is 11.3 Å². The van der Waals surface area contributed by atoms with Crippen LogP contribution in [-0.4, -0.2) is 34.2 Å². The number of pyridine rings is 1. The maximum absolute atomic E-state index is 13.4. The van der Waals surface area contributed by atoms with Crippen LogP contribution in [0.15, 0.2) is 72.3 Å². The highest BCUT2D eigenvalue weighted by Crippen LogP contribution is 2.32. The first-order valence-corrected chi connectivity index (χ1v) is 12.9. The largest absolute Gasteiger partial charge is 0.317 e. The fourth-order valence-corrected chi connectivity index (χ4v) is 6.42. The van der Waals surface area contributed by atoms with Crippen molar-refractivity contribution in [1.29, 1.82) is 0 Å². The van der Waals surface area contributed by atoms with Crippen LogP contribution in [0.1, 0.15) is 44.2 Å². The lowest BCUT2D eigenvalue weighted by Crippen LogP contribution is -2.39. The Morgan fingerprint density at radius 3 is 2.70 bits per heavy atom. The molecule has 1 aliphatic carbocycles. The van der Waals surface area contributed by atoms with Gasteiger partial charge in [-0.2, -0.15) is 0 Å². The summed E-state index contributed by atoms with van der Waals surface area (Å²) in [5, 5.41) is 8.84. The average molecular weight is 462 g/mol. The Morgan fingerprint density at radius 1 is 1.06 bits per heavy atom. The molecule has 8 heteroatoms. The lowest BCUT2D eigenvalue weighted by molar-refractivity contribution is 0.305. The summed E-state index contributed by atoms with van der Waals surface area (Å²) < 4.78 is 31.7. The van der Waals surface area contributed by atoms with Gasteiger partial charge in [-0.15, -0.1) is 10.2 Å². The Hall–Kier alpha value is -3.10. The summed E-state index contributed by atoms with van der Waals surface area (Å²) in [5.74, 6) is 0. The van der Waals surface area contributed by atoms with Crippen LogP contribution in [0, 0.1) is 0 Å². The monoisotopic (exact) mass is 461 g/mol. The minimum absolute atomic E-state index is 0.109. The third-order valence-electron chi connectivity index (χ3n) is 6.50. The smallest absolute Gasteiger partial charge is 0.241 e. The first-order valence-electron chi connectivity index (χ1n) is 11.4. The Bertz CT molecular complexity index is 1360. The van der Waals surface area contributed by atoms with Crippen LogP contribution in [-0.2, 0) is 16.4 Å². The molecule has 0 aliphatic heterocycles. The Morgan fingerprint density at radius 2 is 1.88 bits per heavy atom. The van der Waals surface area contributed by atoms with Gasteiger partial charge >= 0.3 is 0 Å². The van der Waals surface area contributed by atoms with Gasteiger partial charge in [0.05, 0.1) is 10.4 Å². The topological polar surface area (TPSA) is 89.8 Å². The number of hydrogen-bond acceptors (Lipinski definition) is 5. The van der Waals surface area contributed by atoms with Gasteiger partial charge in [0.1, 0.15) is 12.7 Å². The molecule has 2 atom stereocenters. The molecule has 1 fully saturated rings. The van der Waals surface area contributed by atoms with Gasteiger partial charge in [-0.25, -0.2) is 13.1 Å². The summed E-state index contributed by atoms with van der Waals surface area (Å²) in [6, 6.07) is 15.7. The van der Waals surface area contributed by atoms with Crippen molar-refractivity contribution in [2.24, 2.45) is 0 Å². The summed E-state index contributed by atoms with van der Waals surface area (Å²) in [4.78, 5) is 4.90. The minimum atomic E-state index is -3.64. The number of benzene rings is 2. The summed E-state index contributed by atoms with van der Waals surface area (Å²) in [5.41, 5.74) is 3.70. The van der Waals surface area contributed by atoms with Crippen LogP contribution in [0.3, 0.4) is 0 Å². The first kappa shape index (κ1) is 21.7. The molecule has 0 bridgehead atoms. The highest BCUT2D eigenvalue weighted by Gasteiger charge is 2.28. The van der Waals surface area contributed by atoms with E-state index in [1.807, 2.05) is 54.0 Å². The van der Waals surface area contributed by atoms with E-state index >= 15 is 0 Å². The van der Waals surface area contributed by atoms with Crippen LogP contribution in [0.2, 0.25) is 0 Å². The average Bonchev–Trinajstić information content (AvgIpc) is 3.38. The van der Waals surface area contributed by atoms with Gasteiger partial charge in [-0.3, -0.25) is 4.98 Å². The van der Waals surface area contributed by atoms with Crippen molar-refractivity contribution in [3.8, 4) is 11.1 Å². The Kier molecular flexibility index (Phi) is 5.95. The maximum Gasteiger partial charge on any atom is 0.241 e. The van der Waals surface area contributed by atoms with Gasteiger partial charge in [0.15, 0.2) is 0 Å². The normalized spacial score (nSPS) is 19.1. The van der Waals surface area contributed by atoms with Gasteiger partial charge in [-0.1, -0.05) is 37.3 Å². The molecule has 7 nitrogen and oxygen atoms in total. The predicted octanol–water partition coefficient (Wildman–Crippen LogP) is 4.52. The van der Waals surface area contributed by atoms with Gasteiger partial charge < -0.3 is 4.57 Å². The fourth-order valence-electron chi connectivity index (χ4n) is 4.84. The second-order valence-electron chi connectivity index (χ2n) is 8.60. The summed E-state index contributed by atoms with van der Waals surface area (Å²) in [6.45, 7) is 1.99. The van der Waals surface area contributed by atoms with Crippen molar-refractivity contribution in [3.05, 3.63) is 72.9 Å². The molecule has 0 spiro atoms. The zero-order chi connectivity index (χ0) is 22.8. The van der Waals surface area contributed by atoms with Gasteiger partial charge in [0.2, 0.25) is 10.0 Å². The van der Waals surface area contributed by atoms with E-state index in [9.17, 15) is 8.42 Å². The lowest BCUT2D eigenvalue weighted by Gasteiger charge is -2.30. The molecule has 1 N–H and O–H groups in total.